The molecule has 0 amide bonds. The van der Waals surface area contributed by atoms with Crippen molar-refractivity contribution < 1.29 is 37.9 Å². The van der Waals surface area contributed by atoms with E-state index in [1.165, 1.54) is 148 Å². The summed E-state index contributed by atoms with van der Waals surface area (Å²) in [6, 6.07) is 0. The molecule has 0 bridgehead atoms. The molecule has 318 valence electrons. The molecule has 1 atom stereocenters. The fourth-order valence-electron chi connectivity index (χ4n) is 6.54. The van der Waals surface area contributed by atoms with Crippen LogP contribution in [0.1, 0.15) is 232 Å². The Morgan fingerprint density at radius 2 is 0.778 bits per heavy atom. The predicted octanol–water partition coefficient (Wildman–Crippen LogP) is 14.0. The van der Waals surface area contributed by atoms with Crippen molar-refractivity contribution in [2.45, 2.75) is 238 Å². The highest BCUT2D eigenvalue weighted by atomic mass is 31.2. The second kappa shape index (κ2) is 41.2. The van der Waals surface area contributed by atoms with E-state index in [0.29, 0.717) is 12.8 Å². The molecule has 0 aliphatic carbocycles. The molecule has 2 N–H and O–H groups in total. The van der Waals surface area contributed by atoms with Crippen LogP contribution in [0.25, 0.3) is 0 Å². The molecule has 9 heteroatoms. The van der Waals surface area contributed by atoms with E-state index in [9.17, 15) is 14.2 Å². The highest BCUT2D eigenvalue weighted by Crippen LogP contribution is 2.36. The number of allylic oxidation sites excluding steroid dienone is 4. The quantitative estimate of drug-likeness (QED) is 0.0272. The van der Waals surface area contributed by atoms with Crippen LogP contribution >= 0.6 is 7.82 Å². The average Bonchev–Trinajstić information content (AvgIpc) is 3.14. The zero-order chi connectivity index (χ0) is 39.6. The number of hydrogen-bond donors (Lipinski definition) is 2. The standard InChI is InChI=1S/C45H85O8P/c1-3-5-7-9-11-13-15-17-19-20-21-22-23-24-26-28-30-32-34-36-38-40-45(47)53-43(42-52-54(48,49)50)41-51-44(46)39-37-35-33-31-29-27-25-18-16-14-12-10-8-6-4-2/h17,19,27,29,43H,3-16,18,20-26,28,30-42H2,1-2H3,(H2,48,49,50)/b19-17+,29-27+/t43-/m1/s1. The van der Waals surface area contributed by atoms with Gasteiger partial charge in [0.2, 0.25) is 0 Å². The first-order valence-electron chi connectivity index (χ1n) is 22.6. The van der Waals surface area contributed by atoms with Crippen LogP contribution in [0, 0.1) is 0 Å². The van der Waals surface area contributed by atoms with Crippen molar-refractivity contribution in [1.82, 2.24) is 0 Å². The lowest BCUT2D eigenvalue weighted by atomic mass is 10.0. The van der Waals surface area contributed by atoms with Crippen LogP contribution in [0.15, 0.2) is 24.3 Å². The summed E-state index contributed by atoms with van der Waals surface area (Å²) in [5.74, 6) is -0.895. The molecule has 0 heterocycles. The van der Waals surface area contributed by atoms with Crippen molar-refractivity contribution in [3.63, 3.8) is 0 Å². The number of rotatable bonds is 42. The normalized spacial score (nSPS) is 12.6. The van der Waals surface area contributed by atoms with Gasteiger partial charge in [0.25, 0.3) is 0 Å². The lowest BCUT2D eigenvalue weighted by Gasteiger charge is -2.18. The Labute approximate surface area is 332 Å². The molecule has 0 aromatic carbocycles. The molecule has 0 fully saturated rings. The van der Waals surface area contributed by atoms with Gasteiger partial charge in [0, 0.05) is 12.8 Å². The number of ether oxygens (including phenoxy) is 2. The molecule has 0 aliphatic heterocycles. The Hall–Kier alpha value is -1.47. The molecule has 0 rings (SSSR count). The van der Waals surface area contributed by atoms with Crippen LogP contribution in [0.4, 0.5) is 0 Å². The summed E-state index contributed by atoms with van der Waals surface area (Å²) in [5.41, 5.74) is 0. The summed E-state index contributed by atoms with van der Waals surface area (Å²) in [6.45, 7) is 3.69. The molecular formula is C45H85O8P. The van der Waals surface area contributed by atoms with E-state index in [0.717, 1.165) is 44.9 Å². The largest absolute Gasteiger partial charge is 0.469 e. The Morgan fingerprint density at radius 3 is 1.15 bits per heavy atom. The van der Waals surface area contributed by atoms with Gasteiger partial charge in [-0.25, -0.2) is 4.57 Å². The zero-order valence-corrected chi connectivity index (χ0v) is 36.0. The first-order valence-corrected chi connectivity index (χ1v) is 24.2. The molecule has 0 spiro atoms. The number of carbonyl (C=O) groups excluding carboxylic acids is 2. The molecule has 0 unspecified atom stereocenters. The van der Waals surface area contributed by atoms with Crippen LogP contribution < -0.4 is 0 Å². The first-order chi connectivity index (χ1) is 26.3. The molecule has 8 nitrogen and oxygen atoms in total. The molecule has 0 aromatic rings. The van der Waals surface area contributed by atoms with E-state index in [1.54, 1.807) is 0 Å². The van der Waals surface area contributed by atoms with Crippen molar-refractivity contribution in [2.24, 2.45) is 0 Å². The van der Waals surface area contributed by atoms with E-state index in [2.05, 4.69) is 42.7 Å². The van der Waals surface area contributed by atoms with Gasteiger partial charge in [-0.3, -0.25) is 14.1 Å². The summed E-state index contributed by atoms with van der Waals surface area (Å²) >= 11 is 0. The van der Waals surface area contributed by atoms with Crippen LogP contribution in [-0.2, 0) is 28.2 Å². The molecular weight excluding hydrogens is 699 g/mol. The van der Waals surface area contributed by atoms with Crippen molar-refractivity contribution in [1.29, 1.82) is 0 Å². The maximum absolute atomic E-state index is 12.4. The lowest BCUT2D eigenvalue weighted by Crippen LogP contribution is -2.29. The topological polar surface area (TPSA) is 119 Å². The minimum absolute atomic E-state index is 0.210. The number of phosphoric acid groups is 1. The van der Waals surface area contributed by atoms with Crippen LogP contribution in [0.2, 0.25) is 0 Å². The maximum atomic E-state index is 12.4. The third-order valence-corrected chi connectivity index (χ3v) is 10.4. The third-order valence-electron chi connectivity index (χ3n) is 9.94. The van der Waals surface area contributed by atoms with E-state index in [1.807, 2.05) is 0 Å². The maximum Gasteiger partial charge on any atom is 0.469 e. The van der Waals surface area contributed by atoms with Crippen molar-refractivity contribution in [2.75, 3.05) is 13.2 Å². The Kier molecular flexibility index (Phi) is 40.1. The second-order valence-corrected chi connectivity index (χ2v) is 16.6. The summed E-state index contributed by atoms with van der Waals surface area (Å²) < 4.78 is 26.4. The van der Waals surface area contributed by atoms with Gasteiger partial charge in [-0.05, 0) is 64.2 Å². The Morgan fingerprint density at radius 1 is 0.463 bits per heavy atom. The number of unbranched alkanes of at least 4 members (excludes halogenated alkanes) is 28. The Bertz CT molecular complexity index is 931. The average molecular weight is 785 g/mol. The number of hydrogen-bond acceptors (Lipinski definition) is 6. The van der Waals surface area contributed by atoms with Gasteiger partial charge >= 0.3 is 19.8 Å². The van der Waals surface area contributed by atoms with Gasteiger partial charge in [0.1, 0.15) is 6.61 Å². The van der Waals surface area contributed by atoms with Crippen LogP contribution in [0.3, 0.4) is 0 Å². The molecule has 0 aromatic heterocycles. The summed E-state index contributed by atoms with van der Waals surface area (Å²) in [6.07, 6.45) is 47.6. The summed E-state index contributed by atoms with van der Waals surface area (Å²) in [4.78, 5) is 42.9. The van der Waals surface area contributed by atoms with E-state index in [-0.39, 0.29) is 19.4 Å². The van der Waals surface area contributed by atoms with E-state index < -0.39 is 32.5 Å². The van der Waals surface area contributed by atoms with Gasteiger partial charge < -0.3 is 19.3 Å². The van der Waals surface area contributed by atoms with Crippen LogP contribution in [0.5, 0.6) is 0 Å². The van der Waals surface area contributed by atoms with E-state index >= 15 is 0 Å². The number of esters is 2. The lowest BCUT2D eigenvalue weighted by molar-refractivity contribution is -0.161. The zero-order valence-electron chi connectivity index (χ0n) is 35.1. The summed E-state index contributed by atoms with van der Waals surface area (Å²) in [7, 11) is -4.76. The highest BCUT2D eigenvalue weighted by molar-refractivity contribution is 7.46. The number of phosphoric ester groups is 1. The third kappa shape index (κ3) is 43.3. The predicted molar refractivity (Wildman–Crippen MR) is 225 cm³/mol. The SMILES string of the molecule is CCCCCCCC/C=C/CCCCCCCCCCCCCC(=O)O[C@H](COC(=O)CCCCC/C=C/CCCCCCCCCC)COP(=O)(O)O. The molecule has 0 saturated carbocycles. The van der Waals surface area contributed by atoms with Gasteiger partial charge in [-0.15, -0.1) is 0 Å². The fraction of sp³-hybridized carbons (Fsp3) is 0.867. The smallest absolute Gasteiger partial charge is 0.462 e. The molecule has 0 saturated heterocycles. The van der Waals surface area contributed by atoms with Crippen molar-refractivity contribution >= 4 is 19.8 Å². The molecule has 0 aliphatic rings. The molecule has 54 heavy (non-hydrogen) atoms. The Balaban J connectivity index is 3.86. The second-order valence-electron chi connectivity index (χ2n) is 15.4. The minimum Gasteiger partial charge on any atom is -0.462 e. The van der Waals surface area contributed by atoms with Gasteiger partial charge in [0.15, 0.2) is 6.10 Å². The van der Waals surface area contributed by atoms with E-state index in [4.69, 9.17) is 19.3 Å². The van der Waals surface area contributed by atoms with Gasteiger partial charge in [-0.1, -0.05) is 179 Å². The first kappa shape index (κ1) is 52.5. The molecule has 0 radical (unpaired) electrons. The van der Waals surface area contributed by atoms with Crippen LogP contribution in [-0.4, -0.2) is 41.0 Å². The fourth-order valence-corrected chi connectivity index (χ4v) is 6.90. The van der Waals surface area contributed by atoms with Gasteiger partial charge in [0.05, 0.1) is 6.61 Å². The van der Waals surface area contributed by atoms with Crippen molar-refractivity contribution in [3.05, 3.63) is 24.3 Å². The van der Waals surface area contributed by atoms with Crippen molar-refractivity contribution in [3.8, 4) is 0 Å². The highest BCUT2D eigenvalue weighted by Gasteiger charge is 2.22. The van der Waals surface area contributed by atoms with Gasteiger partial charge in [-0.2, -0.15) is 0 Å². The minimum atomic E-state index is -4.76. The summed E-state index contributed by atoms with van der Waals surface area (Å²) in [5, 5.41) is 0. The monoisotopic (exact) mass is 785 g/mol. The number of carbonyl (C=O) groups is 2.